The first kappa shape index (κ1) is 11.2. The van der Waals surface area contributed by atoms with E-state index in [2.05, 4.69) is 20.3 Å². The molecule has 0 amide bonds. The van der Waals surface area contributed by atoms with Gasteiger partial charge in [-0.15, -0.1) is 0 Å². The number of nitrogens with zero attached hydrogens (tertiary/aromatic N) is 3. The van der Waals surface area contributed by atoms with Crippen molar-refractivity contribution in [3.63, 3.8) is 0 Å². The Morgan fingerprint density at radius 2 is 2.26 bits per heavy atom. The van der Waals surface area contributed by atoms with Gasteiger partial charge in [0, 0.05) is 30.6 Å². The topological polar surface area (TPSA) is 76.8 Å². The Balaban J connectivity index is 1.54. The van der Waals surface area contributed by atoms with E-state index in [1.165, 1.54) is 11.3 Å². The maximum Gasteiger partial charge on any atom is 0.230 e. The normalized spacial score (nSPS) is 26.5. The largest absolute Gasteiger partial charge is 0.381 e. The van der Waals surface area contributed by atoms with Crippen LogP contribution in [0.15, 0.2) is 10.7 Å². The van der Waals surface area contributed by atoms with Gasteiger partial charge >= 0.3 is 0 Å². The number of hydrogen-bond acceptors (Lipinski definition) is 5. The van der Waals surface area contributed by atoms with E-state index in [1.54, 1.807) is 0 Å². The SMILES string of the molecule is c1n[nH]c2c1CCC(c1nc(C3CCOC3)no1)C2. The molecule has 6 nitrogen and oxygen atoms in total. The lowest BCUT2D eigenvalue weighted by Gasteiger charge is -2.17. The molecule has 2 unspecified atom stereocenters. The summed E-state index contributed by atoms with van der Waals surface area (Å²) in [6, 6.07) is 0. The van der Waals surface area contributed by atoms with Crippen molar-refractivity contribution in [2.24, 2.45) is 0 Å². The first-order chi connectivity index (χ1) is 9.40. The molecule has 0 radical (unpaired) electrons. The number of nitrogens with one attached hydrogen (secondary N) is 1. The summed E-state index contributed by atoms with van der Waals surface area (Å²) in [6.07, 6.45) is 5.91. The van der Waals surface area contributed by atoms with E-state index in [-0.39, 0.29) is 0 Å². The van der Waals surface area contributed by atoms with Crippen molar-refractivity contribution in [2.75, 3.05) is 13.2 Å². The van der Waals surface area contributed by atoms with Crippen LogP contribution in [0.4, 0.5) is 0 Å². The first-order valence-electron chi connectivity index (χ1n) is 6.82. The third kappa shape index (κ3) is 1.96. The van der Waals surface area contributed by atoms with Crippen molar-refractivity contribution in [1.82, 2.24) is 20.3 Å². The van der Waals surface area contributed by atoms with Gasteiger partial charge in [0.1, 0.15) is 0 Å². The van der Waals surface area contributed by atoms with Crippen LogP contribution in [0.3, 0.4) is 0 Å². The van der Waals surface area contributed by atoms with Crippen LogP contribution in [0.25, 0.3) is 0 Å². The summed E-state index contributed by atoms with van der Waals surface area (Å²) in [5, 5.41) is 11.3. The number of ether oxygens (including phenoxy) is 1. The van der Waals surface area contributed by atoms with E-state index in [0.29, 0.717) is 18.4 Å². The molecule has 1 aliphatic heterocycles. The molecule has 3 heterocycles. The molecule has 0 aromatic carbocycles. The molecule has 1 fully saturated rings. The maximum absolute atomic E-state index is 5.46. The highest BCUT2D eigenvalue weighted by molar-refractivity contribution is 5.22. The summed E-state index contributed by atoms with van der Waals surface area (Å²) in [5.74, 6) is 2.20. The van der Waals surface area contributed by atoms with Gasteiger partial charge in [0.15, 0.2) is 5.82 Å². The zero-order chi connectivity index (χ0) is 12.7. The van der Waals surface area contributed by atoms with E-state index in [1.807, 2.05) is 6.20 Å². The minimum absolute atomic E-state index is 0.309. The Hall–Kier alpha value is -1.69. The van der Waals surface area contributed by atoms with E-state index >= 15 is 0 Å². The molecule has 2 atom stereocenters. The molecule has 0 saturated carbocycles. The van der Waals surface area contributed by atoms with Crippen LogP contribution < -0.4 is 0 Å². The molecule has 0 spiro atoms. The van der Waals surface area contributed by atoms with Crippen LogP contribution in [0, 0.1) is 0 Å². The Labute approximate surface area is 110 Å². The summed E-state index contributed by atoms with van der Waals surface area (Å²) < 4.78 is 10.8. The summed E-state index contributed by atoms with van der Waals surface area (Å²) in [6.45, 7) is 1.52. The molecule has 6 heteroatoms. The van der Waals surface area contributed by atoms with Crippen molar-refractivity contribution in [3.05, 3.63) is 29.2 Å². The lowest BCUT2D eigenvalue weighted by atomic mass is 9.88. The monoisotopic (exact) mass is 260 g/mol. The number of aryl methyl sites for hydroxylation is 1. The van der Waals surface area contributed by atoms with Crippen molar-refractivity contribution in [1.29, 1.82) is 0 Å². The number of aromatic nitrogens is 4. The van der Waals surface area contributed by atoms with E-state index in [4.69, 9.17) is 9.26 Å². The molecule has 4 rings (SSSR count). The summed E-state index contributed by atoms with van der Waals surface area (Å²) in [7, 11) is 0. The highest BCUT2D eigenvalue weighted by Gasteiger charge is 2.28. The van der Waals surface area contributed by atoms with Crippen LogP contribution in [-0.4, -0.2) is 33.6 Å². The molecule has 2 aromatic heterocycles. The van der Waals surface area contributed by atoms with Gasteiger partial charge in [-0.1, -0.05) is 5.16 Å². The molecule has 1 N–H and O–H groups in total. The van der Waals surface area contributed by atoms with Crippen molar-refractivity contribution >= 4 is 0 Å². The molecule has 1 aliphatic carbocycles. The van der Waals surface area contributed by atoms with Crippen LogP contribution in [0.2, 0.25) is 0 Å². The molecule has 1 saturated heterocycles. The summed E-state index contributed by atoms with van der Waals surface area (Å²) >= 11 is 0. The Morgan fingerprint density at radius 3 is 3.16 bits per heavy atom. The molecule has 2 aliphatic rings. The third-order valence-corrected chi connectivity index (χ3v) is 4.12. The van der Waals surface area contributed by atoms with Crippen LogP contribution in [0.5, 0.6) is 0 Å². The Kier molecular flexibility index (Phi) is 2.61. The average Bonchev–Trinajstić information content (AvgIpc) is 3.18. The Bertz CT molecular complexity index is 571. The quantitative estimate of drug-likeness (QED) is 0.886. The van der Waals surface area contributed by atoms with Gasteiger partial charge in [0.2, 0.25) is 5.89 Å². The van der Waals surface area contributed by atoms with Gasteiger partial charge in [-0.2, -0.15) is 10.1 Å². The number of hydrogen-bond donors (Lipinski definition) is 1. The van der Waals surface area contributed by atoms with Gasteiger partial charge < -0.3 is 9.26 Å². The minimum atomic E-state index is 0.309. The summed E-state index contributed by atoms with van der Waals surface area (Å²) in [5.41, 5.74) is 2.53. The molecular formula is C13H16N4O2. The highest BCUT2D eigenvalue weighted by Crippen LogP contribution is 2.32. The first-order valence-corrected chi connectivity index (χ1v) is 6.82. The highest BCUT2D eigenvalue weighted by atomic mass is 16.5. The number of fused-ring (bicyclic) bond motifs is 1. The van der Waals surface area contributed by atoms with Gasteiger partial charge in [0.05, 0.1) is 12.8 Å². The molecule has 2 aromatic rings. The lowest BCUT2D eigenvalue weighted by molar-refractivity contribution is 0.192. The van der Waals surface area contributed by atoms with Crippen LogP contribution in [-0.2, 0) is 17.6 Å². The molecule has 19 heavy (non-hydrogen) atoms. The van der Waals surface area contributed by atoms with E-state index in [9.17, 15) is 0 Å². The second-order valence-electron chi connectivity index (χ2n) is 5.36. The molecule has 100 valence electrons. The number of aromatic amines is 1. The van der Waals surface area contributed by atoms with E-state index < -0.39 is 0 Å². The fraction of sp³-hybridized carbons (Fsp3) is 0.615. The fourth-order valence-electron chi connectivity index (χ4n) is 2.94. The van der Waals surface area contributed by atoms with Crippen LogP contribution in [0.1, 0.15) is 47.6 Å². The fourth-order valence-corrected chi connectivity index (χ4v) is 2.94. The average molecular weight is 260 g/mol. The predicted molar refractivity (Wildman–Crippen MR) is 65.8 cm³/mol. The summed E-state index contributed by atoms with van der Waals surface area (Å²) in [4.78, 5) is 4.58. The Morgan fingerprint density at radius 1 is 1.26 bits per heavy atom. The van der Waals surface area contributed by atoms with E-state index in [0.717, 1.165) is 44.0 Å². The van der Waals surface area contributed by atoms with Gasteiger partial charge in [-0.25, -0.2) is 0 Å². The van der Waals surface area contributed by atoms with Crippen molar-refractivity contribution in [3.8, 4) is 0 Å². The number of H-pyrrole nitrogens is 1. The second-order valence-corrected chi connectivity index (χ2v) is 5.36. The zero-order valence-corrected chi connectivity index (χ0v) is 10.6. The minimum Gasteiger partial charge on any atom is -0.381 e. The van der Waals surface area contributed by atoms with Gasteiger partial charge in [-0.05, 0) is 24.8 Å². The number of rotatable bonds is 2. The van der Waals surface area contributed by atoms with Gasteiger partial charge in [-0.3, -0.25) is 5.10 Å². The zero-order valence-electron chi connectivity index (χ0n) is 10.6. The van der Waals surface area contributed by atoms with Crippen LogP contribution >= 0.6 is 0 Å². The van der Waals surface area contributed by atoms with Gasteiger partial charge in [0.25, 0.3) is 0 Å². The third-order valence-electron chi connectivity index (χ3n) is 4.12. The standard InChI is InChI=1S/C13H16N4O2/c1-2-9-6-14-16-11(9)5-8(1)13-15-12(17-19-13)10-3-4-18-7-10/h6,8,10H,1-5,7H2,(H,14,16). The molecule has 0 bridgehead atoms. The maximum atomic E-state index is 5.46. The second kappa shape index (κ2) is 4.45. The lowest BCUT2D eigenvalue weighted by Crippen LogP contribution is -2.12. The predicted octanol–water partition coefficient (Wildman–Crippen LogP) is 1.57. The molecular weight excluding hydrogens is 244 g/mol. The van der Waals surface area contributed by atoms with Crippen molar-refractivity contribution < 1.29 is 9.26 Å². The smallest absolute Gasteiger partial charge is 0.230 e. The van der Waals surface area contributed by atoms with Crippen molar-refractivity contribution in [2.45, 2.75) is 37.5 Å².